The predicted octanol–water partition coefficient (Wildman–Crippen LogP) is 6.15. The summed E-state index contributed by atoms with van der Waals surface area (Å²) in [5.41, 5.74) is 6.62. The van der Waals surface area contributed by atoms with Crippen molar-refractivity contribution in [2.75, 3.05) is 11.5 Å². The third-order valence-electron chi connectivity index (χ3n) is 3.96. The largest absolute Gasteiger partial charge is 0.453 e. The highest BCUT2D eigenvalue weighted by Gasteiger charge is 2.36. The van der Waals surface area contributed by atoms with E-state index in [0.717, 1.165) is 6.07 Å². The van der Waals surface area contributed by atoms with Crippen LogP contribution >= 0.6 is 0 Å². The molecule has 0 fully saturated rings. The first-order valence-electron chi connectivity index (χ1n) is 8.13. The summed E-state index contributed by atoms with van der Waals surface area (Å²) in [7, 11) is 0. The third kappa shape index (κ3) is 4.27. The molecule has 0 aliphatic rings. The van der Waals surface area contributed by atoms with E-state index < -0.39 is 75.2 Å². The van der Waals surface area contributed by atoms with E-state index in [1.807, 2.05) is 0 Å². The SMILES string of the molecule is Nc1c(F)ccc(Oc2cc(Oc3ccc(F)c(N)c3F)c(C(F)(F)F)cc2F)c1F. The Morgan fingerprint density at radius 3 is 1.48 bits per heavy atom. The van der Waals surface area contributed by atoms with Crippen LogP contribution in [0.25, 0.3) is 0 Å². The molecule has 0 aromatic heterocycles. The van der Waals surface area contributed by atoms with E-state index in [9.17, 15) is 35.1 Å². The second kappa shape index (κ2) is 7.85. The van der Waals surface area contributed by atoms with Gasteiger partial charge in [-0.05, 0) is 30.3 Å². The smallest absolute Gasteiger partial charge is 0.420 e. The van der Waals surface area contributed by atoms with Gasteiger partial charge < -0.3 is 20.9 Å². The minimum absolute atomic E-state index is 0.0414. The van der Waals surface area contributed by atoms with Crippen LogP contribution in [0.15, 0.2) is 36.4 Å². The van der Waals surface area contributed by atoms with Gasteiger partial charge in [0, 0.05) is 6.07 Å². The number of halogens is 8. The molecular formula is C19H10F8N2O2. The molecule has 4 nitrogen and oxygen atoms in total. The normalized spacial score (nSPS) is 11.5. The summed E-state index contributed by atoms with van der Waals surface area (Å²) in [5, 5.41) is 0. The molecule has 0 saturated carbocycles. The van der Waals surface area contributed by atoms with Crippen LogP contribution in [-0.4, -0.2) is 0 Å². The average molecular weight is 450 g/mol. The fourth-order valence-corrected chi connectivity index (χ4v) is 2.41. The van der Waals surface area contributed by atoms with Crippen LogP contribution in [-0.2, 0) is 6.18 Å². The molecule has 4 N–H and O–H groups in total. The van der Waals surface area contributed by atoms with Crippen molar-refractivity contribution in [3.05, 3.63) is 71.0 Å². The minimum Gasteiger partial charge on any atom is -0.453 e. The van der Waals surface area contributed by atoms with Gasteiger partial charge in [0.25, 0.3) is 0 Å². The number of benzene rings is 3. The van der Waals surface area contributed by atoms with Crippen LogP contribution in [0.3, 0.4) is 0 Å². The van der Waals surface area contributed by atoms with Crippen LogP contribution in [0, 0.1) is 29.1 Å². The van der Waals surface area contributed by atoms with Gasteiger partial charge in [-0.2, -0.15) is 13.2 Å². The lowest BCUT2D eigenvalue weighted by atomic mass is 10.1. The van der Waals surface area contributed by atoms with Gasteiger partial charge in [0.05, 0.1) is 0 Å². The van der Waals surface area contributed by atoms with E-state index in [1.165, 1.54) is 0 Å². The zero-order valence-electron chi connectivity index (χ0n) is 15.0. The Labute approximate surface area is 168 Å². The quantitative estimate of drug-likeness (QED) is 0.370. The van der Waals surface area contributed by atoms with E-state index in [1.54, 1.807) is 0 Å². The van der Waals surface area contributed by atoms with E-state index in [-0.39, 0.29) is 6.07 Å². The van der Waals surface area contributed by atoms with Crippen molar-refractivity contribution >= 4 is 11.4 Å². The van der Waals surface area contributed by atoms with Crippen LogP contribution in [0.1, 0.15) is 5.56 Å². The molecule has 3 aromatic carbocycles. The molecule has 0 bridgehead atoms. The van der Waals surface area contributed by atoms with Gasteiger partial charge in [0.15, 0.2) is 34.7 Å². The van der Waals surface area contributed by atoms with Crippen molar-refractivity contribution in [1.29, 1.82) is 0 Å². The second-order valence-electron chi connectivity index (χ2n) is 6.03. The van der Waals surface area contributed by atoms with Gasteiger partial charge >= 0.3 is 6.18 Å². The second-order valence-corrected chi connectivity index (χ2v) is 6.03. The van der Waals surface area contributed by atoms with E-state index >= 15 is 0 Å². The molecule has 164 valence electrons. The summed E-state index contributed by atoms with van der Waals surface area (Å²) in [5.74, 6) is -10.7. The number of rotatable bonds is 4. The van der Waals surface area contributed by atoms with Crippen LogP contribution in [0.4, 0.5) is 46.5 Å². The highest BCUT2D eigenvalue weighted by atomic mass is 19.4. The minimum atomic E-state index is -5.16. The zero-order chi connectivity index (χ0) is 23.1. The summed E-state index contributed by atoms with van der Waals surface area (Å²) < 4.78 is 118. The molecule has 0 heterocycles. The fraction of sp³-hybridized carbons (Fsp3) is 0.0526. The molecule has 0 saturated heterocycles. The summed E-state index contributed by atoms with van der Waals surface area (Å²) >= 11 is 0. The monoisotopic (exact) mass is 450 g/mol. The maximum atomic E-state index is 14.2. The molecule has 0 amide bonds. The molecule has 3 rings (SSSR count). The number of hydrogen-bond acceptors (Lipinski definition) is 4. The number of nitrogens with two attached hydrogens (primary N) is 2. The Balaban J connectivity index is 2.10. The van der Waals surface area contributed by atoms with Gasteiger partial charge in [-0.25, -0.2) is 22.0 Å². The first-order valence-corrected chi connectivity index (χ1v) is 8.13. The molecule has 3 aromatic rings. The van der Waals surface area contributed by atoms with Crippen LogP contribution in [0.5, 0.6) is 23.0 Å². The van der Waals surface area contributed by atoms with Crippen molar-refractivity contribution < 1.29 is 44.6 Å². The Bertz CT molecular complexity index is 1160. The standard InChI is InChI=1S/C19H10F8N2O2/c20-8-1-3-11(15(23)17(8)28)30-13-6-14(10(22)5-7(13)19(25,26)27)31-12-4-2-9(21)18(29)16(12)24/h1-6H,28-29H2. The number of ether oxygens (including phenoxy) is 2. The summed E-state index contributed by atoms with van der Waals surface area (Å²) in [6.45, 7) is 0. The maximum absolute atomic E-state index is 14.2. The van der Waals surface area contributed by atoms with E-state index in [4.69, 9.17) is 20.9 Å². The number of alkyl halides is 3. The van der Waals surface area contributed by atoms with Crippen molar-refractivity contribution in [2.24, 2.45) is 0 Å². The molecule has 0 aliphatic heterocycles. The van der Waals surface area contributed by atoms with Gasteiger partial charge in [-0.15, -0.1) is 0 Å². The zero-order valence-corrected chi connectivity index (χ0v) is 15.0. The molecule has 0 unspecified atom stereocenters. The first-order chi connectivity index (χ1) is 14.4. The summed E-state index contributed by atoms with van der Waals surface area (Å²) in [6, 6.07) is 3.02. The van der Waals surface area contributed by atoms with Crippen molar-refractivity contribution in [3.63, 3.8) is 0 Å². The Kier molecular flexibility index (Phi) is 5.57. The highest BCUT2D eigenvalue weighted by Crippen LogP contribution is 2.43. The molecule has 0 aliphatic carbocycles. The molecular weight excluding hydrogens is 440 g/mol. The number of nitrogen functional groups attached to an aromatic ring is 2. The summed E-state index contributed by atoms with van der Waals surface area (Å²) in [4.78, 5) is 0. The van der Waals surface area contributed by atoms with Gasteiger partial charge in [-0.3, -0.25) is 0 Å². The van der Waals surface area contributed by atoms with Crippen LogP contribution in [0.2, 0.25) is 0 Å². The van der Waals surface area contributed by atoms with Gasteiger partial charge in [0.1, 0.15) is 34.3 Å². The molecule has 0 radical (unpaired) electrons. The molecule has 0 spiro atoms. The average Bonchev–Trinajstić information content (AvgIpc) is 2.70. The Hall–Kier alpha value is -3.70. The predicted molar refractivity (Wildman–Crippen MR) is 93.1 cm³/mol. The van der Waals surface area contributed by atoms with Crippen molar-refractivity contribution in [1.82, 2.24) is 0 Å². The Morgan fingerprint density at radius 2 is 1.03 bits per heavy atom. The first kappa shape index (κ1) is 22.0. The Morgan fingerprint density at radius 1 is 0.581 bits per heavy atom. The lowest BCUT2D eigenvalue weighted by Crippen LogP contribution is -2.09. The molecule has 0 atom stereocenters. The lowest BCUT2D eigenvalue weighted by Gasteiger charge is -2.17. The molecule has 31 heavy (non-hydrogen) atoms. The topological polar surface area (TPSA) is 70.5 Å². The maximum Gasteiger partial charge on any atom is 0.420 e. The van der Waals surface area contributed by atoms with Gasteiger partial charge in [-0.1, -0.05) is 0 Å². The number of hydrogen-bond donors (Lipinski definition) is 2. The number of anilines is 2. The highest BCUT2D eigenvalue weighted by molar-refractivity contribution is 5.53. The molecule has 12 heteroatoms. The van der Waals surface area contributed by atoms with E-state index in [2.05, 4.69) is 0 Å². The van der Waals surface area contributed by atoms with Crippen molar-refractivity contribution in [3.8, 4) is 23.0 Å². The van der Waals surface area contributed by atoms with Gasteiger partial charge in [0.2, 0.25) is 0 Å². The summed E-state index contributed by atoms with van der Waals surface area (Å²) in [6.07, 6.45) is -5.16. The fourth-order valence-electron chi connectivity index (χ4n) is 2.41. The third-order valence-corrected chi connectivity index (χ3v) is 3.96. The lowest BCUT2D eigenvalue weighted by molar-refractivity contribution is -0.138. The van der Waals surface area contributed by atoms with Crippen molar-refractivity contribution in [2.45, 2.75) is 6.18 Å². The van der Waals surface area contributed by atoms with Crippen LogP contribution < -0.4 is 20.9 Å². The van der Waals surface area contributed by atoms with E-state index in [0.29, 0.717) is 24.3 Å².